The van der Waals surface area contributed by atoms with Gasteiger partial charge in [0.2, 0.25) is 0 Å². The summed E-state index contributed by atoms with van der Waals surface area (Å²) in [5.74, 6) is 0. The largest absolute Gasteiger partial charge is 0.361 e. The first kappa shape index (κ1) is 11.0. The van der Waals surface area contributed by atoms with Gasteiger partial charge in [0.1, 0.15) is 0 Å². The normalized spacial score (nSPS) is 13.6. The number of aromatic amines is 1. The van der Waals surface area contributed by atoms with Crippen LogP contribution in [-0.4, -0.2) is 11.0 Å². The van der Waals surface area contributed by atoms with Crippen LogP contribution < -0.4 is 5.73 Å². The molecule has 1 unspecified atom stereocenters. The van der Waals surface area contributed by atoms with E-state index in [-0.39, 0.29) is 6.04 Å². The maximum absolute atomic E-state index is 5.70. The van der Waals surface area contributed by atoms with E-state index in [0.29, 0.717) is 0 Å². The lowest BCUT2D eigenvalue weighted by Gasteiger charge is -1.99. The van der Waals surface area contributed by atoms with Crippen molar-refractivity contribution in [3.05, 3.63) is 42.1 Å². The molecular weight excluding hydrogens is 196 g/mol. The number of hydrogen-bond donors (Lipinski definition) is 2. The van der Waals surface area contributed by atoms with E-state index in [1.165, 1.54) is 16.5 Å². The zero-order valence-corrected chi connectivity index (χ0v) is 9.61. The Morgan fingerprint density at radius 1 is 1.38 bits per heavy atom. The number of aromatic nitrogens is 1. The summed E-state index contributed by atoms with van der Waals surface area (Å²) in [6, 6.07) is 8.62. The van der Waals surface area contributed by atoms with E-state index in [1.807, 2.05) is 19.2 Å². The molecule has 0 bridgehead atoms. The minimum absolute atomic E-state index is 0.285. The Hall–Kier alpha value is -1.54. The minimum atomic E-state index is 0.285. The Labute approximate surface area is 96.2 Å². The van der Waals surface area contributed by atoms with Gasteiger partial charge in [-0.15, -0.1) is 0 Å². The number of benzene rings is 1. The fourth-order valence-electron chi connectivity index (χ4n) is 1.80. The maximum atomic E-state index is 5.70. The Balaban J connectivity index is 2.09. The molecule has 2 rings (SSSR count). The van der Waals surface area contributed by atoms with Crippen LogP contribution in [0.5, 0.6) is 0 Å². The first-order valence-electron chi connectivity index (χ1n) is 5.75. The van der Waals surface area contributed by atoms with E-state index in [4.69, 9.17) is 5.73 Å². The molecular formula is C14H18N2. The molecule has 0 aliphatic carbocycles. The van der Waals surface area contributed by atoms with Crippen LogP contribution in [0.1, 0.15) is 25.3 Å². The molecule has 2 aromatic rings. The molecule has 0 saturated carbocycles. The Bertz CT molecular complexity index is 480. The summed E-state index contributed by atoms with van der Waals surface area (Å²) >= 11 is 0. The predicted octanol–water partition coefficient (Wildman–Crippen LogP) is 3.31. The molecule has 2 nitrogen and oxygen atoms in total. The van der Waals surface area contributed by atoms with E-state index in [0.717, 1.165) is 12.8 Å². The lowest BCUT2D eigenvalue weighted by Crippen LogP contribution is -2.13. The Morgan fingerprint density at radius 2 is 2.19 bits per heavy atom. The summed E-state index contributed by atoms with van der Waals surface area (Å²) < 4.78 is 0. The number of fused-ring (bicyclic) bond motifs is 1. The topological polar surface area (TPSA) is 41.8 Å². The van der Waals surface area contributed by atoms with Crippen LogP contribution >= 0.6 is 0 Å². The molecule has 0 radical (unpaired) electrons. The zero-order chi connectivity index (χ0) is 11.4. The quantitative estimate of drug-likeness (QED) is 0.805. The highest BCUT2D eigenvalue weighted by Gasteiger charge is 1.98. The second-order valence-electron chi connectivity index (χ2n) is 4.25. The van der Waals surface area contributed by atoms with E-state index < -0.39 is 0 Å². The average Bonchev–Trinajstić information content (AvgIpc) is 2.68. The Kier molecular flexibility index (Phi) is 3.42. The number of H-pyrrole nitrogens is 1. The summed E-state index contributed by atoms with van der Waals surface area (Å²) in [7, 11) is 0. The van der Waals surface area contributed by atoms with Crippen LogP contribution in [0.4, 0.5) is 0 Å². The van der Waals surface area contributed by atoms with Crippen LogP contribution in [0.2, 0.25) is 0 Å². The van der Waals surface area contributed by atoms with Gasteiger partial charge in [-0.2, -0.15) is 0 Å². The number of nitrogens with one attached hydrogen (secondary N) is 1. The first-order valence-corrected chi connectivity index (χ1v) is 5.75. The van der Waals surface area contributed by atoms with Gasteiger partial charge < -0.3 is 10.7 Å². The van der Waals surface area contributed by atoms with Gasteiger partial charge >= 0.3 is 0 Å². The standard InChI is InChI=1S/C14H18N2/c1-11(15)6-2-3-7-12-10-16-14-9-5-4-8-13(12)14/h3-5,7-11,16H,2,6,15H2,1H3/b7-3+. The van der Waals surface area contributed by atoms with Crippen molar-refractivity contribution in [1.29, 1.82) is 0 Å². The first-order chi connectivity index (χ1) is 7.77. The third-order valence-electron chi connectivity index (χ3n) is 2.71. The van der Waals surface area contributed by atoms with Crippen molar-refractivity contribution in [2.45, 2.75) is 25.8 Å². The molecule has 1 aromatic carbocycles. The molecule has 0 amide bonds. The molecule has 0 aliphatic heterocycles. The molecule has 84 valence electrons. The average molecular weight is 214 g/mol. The van der Waals surface area contributed by atoms with E-state index in [1.54, 1.807) is 0 Å². The van der Waals surface area contributed by atoms with Crippen molar-refractivity contribution in [2.24, 2.45) is 5.73 Å². The number of rotatable bonds is 4. The molecule has 2 heteroatoms. The SMILES string of the molecule is CC(N)CC/C=C/c1c[nH]c2ccccc12. The lowest BCUT2D eigenvalue weighted by atomic mass is 10.1. The summed E-state index contributed by atoms with van der Waals surface area (Å²) in [5, 5.41) is 1.28. The minimum Gasteiger partial charge on any atom is -0.361 e. The number of nitrogens with two attached hydrogens (primary N) is 1. The maximum Gasteiger partial charge on any atom is 0.0460 e. The van der Waals surface area contributed by atoms with Crippen molar-refractivity contribution in [2.75, 3.05) is 0 Å². The summed E-state index contributed by atoms with van der Waals surface area (Å²) in [4.78, 5) is 3.26. The van der Waals surface area contributed by atoms with Crippen molar-refractivity contribution in [1.82, 2.24) is 4.98 Å². The third kappa shape index (κ3) is 2.52. The van der Waals surface area contributed by atoms with Gasteiger partial charge in [-0.05, 0) is 31.4 Å². The van der Waals surface area contributed by atoms with Gasteiger partial charge in [0.25, 0.3) is 0 Å². The monoisotopic (exact) mass is 214 g/mol. The van der Waals surface area contributed by atoms with Crippen molar-refractivity contribution < 1.29 is 0 Å². The number of para-hydroxylation sites is 1. The van der Waals surface area contributed by atoms with Crippen LogP contribution in [-0.2, 0) is 0 Å². The van der Waals surface area contributed by atoms with Crippen LogP contribution in [0.3, 0.4) is 0 Å². The third-order valence-corrected chi connectivity index (χ3v) is 2.71. The highest BCUT2D eigenvalue weighted by Crippen LogP contribution is 2.19. The Morgan fingerprint density at radius 3 is 3.00 bits per heavy atom. The van der Waals surface area contributed by atoms with Gasteiger partial charge in [0, 0.05) is 23.1 Å². The molecule has 0 spiro atoms. The molecule has 0 saturated heterocycles. The molecule has 1 heterocycles. The molecule has 0 aliphatic rings. The number of allylic oxidation sites excluding steroid dienone is 1. The van der Waals surface area contributed by atoms with Crippen LogP contribution in [0.25, 0.3) is 17.0 Å². The number of hydrogen-bond acceptors (Lipinski definition) is 1. The zero-order valence-electron chi connectivity index (χ0n) is 9.61. The van der Waals surface area contributed by atoms with E-state index in [2.05, 4.69) is 35.3 Å². The summed E-state index contributed by atoms with van der Waals surface area (Å²) in [6.45, 7) is 2.04. The molecule has 0 fully saturated rings. The van der Waals surface area contributed by atoms with Crippen molar-refractivity contribution in [3.8, 4) is 0 Å². The summed E-state index contributed by atoms with van der Waals surface area (Å²) in [5.41, 5.74) is 8.14. The van der Waals surface area contributed by atoms with Gasteiger partial charge in [0.15, 0.2) is 0 Å². The second kappa shape index (κ2) is 4.99. The van der Waals surface area contributed by atoms with Crippen molar-refractivity contribution in [3.63, 3.8) is 0 Å². The van der Waals surface area contributed by atoms with E-state index in [9.17, 15) is 0 Å². The molecule has 3 N–H and O–H groups in total. The fourth-order valence-corrected chi connectivity index (χ4v) is 1.80. The molecule has 16 heavy (non-hydrogen) atoms. The van der Waals surface area contributed by atoms with Gasteiger partial charge in [-0.3, -0.25) is 0 Å². The van der Waals surface area contributed by atoms with Crippen molar-refractivity contribution >= 4 is 17.0 Å². The van der Waals surface area contributed by atoms with Crippen LogP contribution in [0.15, 0.2) is 36.5 Å². The van der Waals surface area contributed by atoms with Crippen LogP contribution in [0, 0.1) is 0 Å². The highest BCUT2D eigenvalue weighted by molar-refractivity contribution is 5.88. The van der Waals surface area contributed by atoms with E-state index >= 15 is 0 Å². The molecule has 1 aromatic heterocycles. The second-order valence-corrected chi connectivity index (χ2v) is 4.25. The smallest absolute Gasteiger partial charge is 0.0460 e. The van der Waals surface area contributed by atoms with Gasteiger partial charge in [0.05, 0.1) is 0 Å². The fraction of sp³-hybridized carbons (Fsp3) is 0.286. The summed E-state index contributed by atoms with van der Waals surface area (Å²) in [6.07, 6.45) is 8.49. The highest BCUT2D eigenvalue weighted by atomic mass is 14.7. The predicted molar refractivity (Wildman–Crippen MR) is 70.2 cm³/mol. The van der Waals surface area contributed by atoms with Gasteiger partial charge in [-0.1, -0.05) is 30.4 Å². The molecule has 1 atom stereocenters. The lowest BCUT2D eigenvalue weighted by molar-refractivity contribution is 0.677. The van der Waals surface area contributed by atoms with Gasteiger partial charge in [-0.25, -0.2) is 0 Å².